The maximum Gasteiger partial charge on any atom is 0.261 e. The van der Waals surface area contributed by atoms with Crippen LogP contribution in [-0.2, 0) is 10.0 Å². The van der Waals surface area contributed by atoms with Crippen molar-refractivity contribution < 1.29 is 17.6 Å². The van der Waals surface area contributed by atoms with Crippen LogP contribution in [0.3, 0.4) is 0 Å². The molecule has 1 heterocycles. The van der Waals surface area contributed by atoms with Gasteiger partial charge in [-0.15, -0.1) is 0 Å². The Morgan fingerprint density at radius 3 is 2.43 bits per heavy atom. The van der Waals surface area contributed by atoms with Crippen molar-refractivity contribution in [2.75, 3.05) is 11.8 Å². The standard InChI is InChI=1S/C17H15NO4S/c1-21-15-9-7-14(8-10-15)18-23(19,20)16-5-2-4-13(12-16)17-6-3-11-22-17/h2-12,18H,1H3. The second kappa shape index (κ2) is 6.18. The summed E-state index contributed by atoms with van der Waals surface area (Å²) in [5.74, 6) is 1.28. The first kappa shape index (κ1) is 15.2. The molecule has 0 bridgehead atoms. The topological polar surface area (TPSA) is 68.5 Å². The van der Waals surface area contributed by atoms with Crippen LogP contribution in [0.5, 0.6) is 5.75 Å². The molecular formula is C17H15NO4S. The van der Waals surface area contributed by atoms with Crippen LogP contribution in [0.1, 0.15) is 0 Å². The number of sulfonamides is 1. The number of hydrogen-bond acceptors (Lipinski definition) is 4. The van der Waals surface area contributed by atoms with Gasteiger partial charge in [-0.25, -0.2) is 8.42 Å². The van der Waals surface area contributed by atoms with E-state index in [-0.39, 0.29) is 4.90 Å². The quantitative estimate of drug-likeness (QED) is 0.774. The highest BCUT2D eigenvalue weighted by atomic mass is 32.2. The Morgan fingerprint density at radius 1 is 1.00 bits per heavy atom. The Morgan fingerprint density at radius 2 is 1.78 bits per heavy atom. The fourth-order valence-electron chi connectivity index (χ4n) is 2.13. The maximum absolute atomic E-state index is 12.5. The van der Waals surface area contributed by atoms with Gasteiger partial charge in [0.25, 0.3) is 10.0 Å². The van der Waals surface area contributed by atoms with E-state index < -0.39 is 10.0 Å². The Hall–Kier alpha value is -2.73. The number of benzene rings is 2. The monoisotopic (exact) mass is 329 g/mol. The van der Waals surface area contributed by atoms with Gasteiger partial charge < -0.3 is 9.15 Å². The fourth-order valence-corrected chi connectivity index (χ4v) is 3.24. The maximum atomic E-state index is 12.5. The molecule has 0 aliphatic rings. The molecule has 0 radical (unpaired) electrons. The van der Waals surface area contributed by atoms with Crippen molar-refractivity contribution in [1.82, 2.24) is 0 Å². The van der Waals surface area contributed by atoms with E-state index in [0.717, 1.165) is 0 Å². The number of hydrogen-bond donors (Lipinski definition) is 1. The molecule has 1 N–H and O–H groups in total. The lowest BCUT2D eigenvalue weighted by Crippen LogP contribution is -2.12. The third-order valence-corrected chi connectivity index (χ3v) is 4.67. The van der Waals surface area contributed by atoms with E-state index in [4.69, 9.17) is 9.15 Å². The molecule has 23 heavy (non-hydrogen) atoms. The Balaban J connectivity index is 1.88. The van der Waals surface area contributed by atoms with E-state index in [1.165, 1.54) is 6.07 Å². The summed E-state index contributed by atoms with van der Waals surface area (Å²) in [6, 6.07) is 16.8. The second-order valence-corrected chi connectivity index (χ2v) is 6.52. The lowest BCUT2D eigenvalue weighted by Gasteiger charge is -2.09. The average Bonchev–Trinajstić information content (AvgIpc) is 3.10. The number of anilines is 1. The highest BCUT2D eigenvalue weighted by Gasteiger charge is 2.15. The largest absolute Gasteiger partial charge is 0.497 e. The van der Waals surface area contributed by atoms with Crippen LogP contribution in [0.4, 0.5) is 5.69 Å². The van der Waals surface area contributed by atoms with Crippen molar-refractivity contribution in [3.8, 4) is 17.1 Å². The van der Waals surface area contributed by atoms with E-state index in [9.17, 15) is 8.42 Å². The summed E-state index contributed by atoms with van der Waals surface area (Å²) in [7, 11) is -2.12. The molecule has 3 aromatic rings. The van der Waals surface area contributed by atoms with Crippen LogP contribution < -0.4 is 9.46 Å². The molecular weight excluding hydrogens is 314 g/mol. The Bertz CT molecular complexity index is 885. The Labute approximate surface area is 134 Å². The summed E-state index contributed by atoms with van der Waals surface area (Å²) in [6.07, 6.45) is 1.55. The van der Waals surface area contributed by atoms with Crippen LogP contribution in [0.2, 0.25) is 0 Å². The van der Waals surface area contributed by atoms with Gasteiger partial charge in [-0.1, -0.05) is 12.1 Å². The van der Waals surface area contributed by atoms with Gasteiger partial charge in [0.05, 0.1) is 18.3 Å². The molecule has 118 valence electrons. The zero-order valence-electron chi connectivity index (χ0n) is 12.4. The van der Waals surface area contributed by atoms with E-state index >= 15 is 0 Å². The van der Waals surface area contributed by atoms with Crippen LogP contribution in [0.25, 0.3) is 11.3 Å². The molecule has 0 fully saturated rings. The van der Waals surface area contributed by atoms with Gasteiger partial charge in [-0.05, 0) is 48.5 Å². The van der Waals surface area contributed by atoms with Crippen molar-refractivity contribution in [2.24, 2.45) is 0 Å². The molecule has 0 atom stereocenters. The van der Waals surface area contributed by atoms with Crippen LogP contribution >= 0.6 is 0 Å². The molecule has 5 nitrogen and oxygen atoms in total. The SMILES string of the molecule is COc1ccc(NS(=O)(=O)c2cccc(-c3ccco3)c2)cc1. The van der Waals surface area contributed by atoms with E-state index in [1.54, 1.807) is 68.0 Å². The molecule has 0 unspecified atom stereocenters. The number of nitrogens with one attached hydrogen (secondary N) is 1. The van der Waals surface area contributed by atoms with Crippen molar-refractivity contribution in [1.29, 1.82) is 0 Å². The summed E-state index contributed by atoms with van der Waals surface area (Å²) in [5.41, 5.74) is 1.17. The van der Waals surface area contributed by atoms with Crippen molar-refractivity contribution in [3.63, 3.8) is 0 Å². The molecule has 6 heteroatoms. The lowest BCUT2D eigenvalue weighted by atomic mass is 10.2. The molecule has 1 aromatic heterocycles. The first-order valence-electron chi connectivity index (χ1n) is 6.89. The summed E-state index contributed by atoms with van der Waals surface area (Å²) in [5, 5.41) is 0. The summed E-state index contributed by atoms with van der Waals surface area (Å²) in [4.78, 5) is 0.169. The van der Waals surface area contributed by atoms with Crippen molar-refractivity contribution >= 4 is 15.7 Å². The lowest BCUT2D eigenvalue weighted by molar-refractivity contribution is 0.415. The summed E-state index contributed by atoms with van der Waals surface area (Å²) < 4.78 is 37.9. The number of rotatable bonds is 5. The fraction of sp³-hybridized carbons (Fsp3) is 0.0588. The van der Waals surface area contributed by atoms with Gasteiger partial charge in [0.2, 0.25) is 0 Å². The second-order valence-electron chi connectivity index (χ2n) is 4.84. The van der Waals surface area contributed by atoms with Gasteiger partial charge in [0.1, 0.15) is 11.5 Å². The molecule has 2 aromatic carbocycles. The third kappa shape index (κ3) is 3.37. The average molecular weight is 329 g/mol. The van der Waals surface area contributed by atoms with Gasteiger partial charge >= 0.3 is 0 Å². The molecule has 0 aliphatic heterocycles. The van der Waals surface area contributed by atoms with Crippen LogP contribution in [-0.4, -0.2) is 15.5 Å². The van der Waals surface area contributed by atoms with Gasteiger partial charge in [0.15, 0.2) is 0 Å². The molecule has 0 saturated heterocycles. The highest BCUT2D eigenvalue weighted by Crippen LogP contribution is 2.24. The first-order chi connectivity index (χ1) is 11.1. The number of methoxy groups -OCH3 is 1. The predicted molar refractivity (Wildman–Crippen MR) is 87.9 cm³/mol. The smallest absolute Gasteiger partial charge is 0.261 e. The molecule has 0 aliphatic carbocycles. The first-order valence-corrected chi connectivity index (χ1v) is 8.38. The van der Waals surface area contributed by atoms with E-state index in [2.05, 4.69) is 4.72 Å². The Kier molecular flexibility index (Phi) is 4.08. The predicted octanol–water partition coefficient (Wildman–Crippen LogP) is 3.76. The van der Waals surface area contributed by atoms with Gasteiger partial charge in [-0.2, -0.15) is 0 Å². The van der Waals surface area contributed by atoms with E-state index in [0.29, 0.717) is 22.8 Å². The van der Waals surface area contributed by atoms with Crippen LogP contribution in [0.15, 0.2) is 76.2 Å². The van der Waals surface area contributed by atoms with E-state index in [1.807, 2.05) is 0 Å². The molecule has 0 saturated carbocycles. The minimum atomic E-state index is -3.68. The third-order valence-electron chi connectivity index (χ3n) is 3.29. The van der Waals surface area contributed by atoms with Gasteiger partial charge in [0, 0.05) is 11.3 Å². The number of furan rings is 1. The van der Waals surface area contributed by atoms with Crippen LogP contribution in [0, 0.1) is 0 Å². The summed E-state index contributed by atoms with van der Waals surface area (Å²) >= 11 is 0. The zero-order valence-corrected chi connectivity index (χ0v) is 13.2. The highest BCUT2D eigenvalue weighted by molar-refractivity contribution is 7.92. The molecule has 3 rings (SSSR count). The zero-order chi connectivity index (χ0) is 16.3. The minimum absolute atomic E-state index is 0.169. The molecule has 0 amide bonds. The molecule has 0 spiro atoms. The number of ether oxygens (including phenoxy) is 1. The normalized spacial score (nSPS) is 11.2. The summed E-state index contributed by atoms with van der Waals surface area (Å²) in [6.45, 7) is 0. The van der Waals surface area contributed by atoms with Crippen molar-refractivity contribution in [2.45, 2.75) is 4.90 Å². The minimum Gasteiger partial charge on any atom is -0.497 e. The van der Waals surface area contributed by atoms with Crippen molar-refractivity contribution in [3.05, 3.63) is 66.9 Å². The van der Waals surface area contributed by atoms with Gasteiger partial charge in [-0.3, -0.25) is 4.72 Å².